The molecule has 6 heteroatoms. The molecule has 0 N–H and O–H groups in total. The van der Waals surface area contributed by atoms with Crippen LogP contribution in [0, 0.1) is 5.82 Å². The first kappa shape index (κ1) is 18.2. The minimum Gasteiger partial charge on any atom is -0.493 e. The molecular weight excluding hydrogens is 327 g/mol. The standard InChI is InChI=1S/C19H17FO5/c1-4-23-18-10-13(24-11-21)5-8-16(18)15-7-6-14(9-17(15)20)25-19(22)12(2)3/h5-11H,2,4H2,1,3H3. The summed E-state index contributed by atoms with van der Waals surface area (Å²) < 4.78 is 29.8. The quantitative estimate of drug-likeness (QED) is 0.330. The number of carbonyl (C=O) groups excluding carboxylic acids is 2. The van der Waals surface area contributed by atoms with Gasteiger partial charge in [-0.15, -0.1) is 0 Å². The van der Waals surface area contributed by atoms with Gasteiger partial charge < -0.3 is 14.2 Å². The Bertz CT molecular complexity index is 813. The minimum absolute atomic E-state index is 0.0770. The summed E-state index contributed by atoms with van der Waals surface area (Å²) >= 11 is 0. The third-order valence-electron chi connectivity index (χ3n) is 3.23. The lowest BCUT2D eigenvalue weighted by molar-refractivity contribution is -0.130. The Morgan fingerprint density at radius 1 is 1.16 bits per heavy atom. The first-order chi connectivity index (χ1) is 12.0. The lowest BCUT2D eigenvalue weighted by atomic mass is 10.0. The molecule has 0 bridgehead atoms. The SMILES string of the molecule is C=C(C)C(=O)Oc1ccc(-c2ccc(OC=O)cc2OCC)c(F)c1. The molecule has 0 aromatic heterocycles. The fraction of sp³-hybridized carbons (Fsp3) is 0.158. The number of ether oxygens (including phenoxy) is 3. The molecule has 2 aromatic rings. The molecule has 25 heavy (non-hydrogen) atoms. The Morgan fingerprint density at radius 2 is 1.84 bits per heavy atom. The van der Waals surface area contributed by atoms with Gasteiger partial charge in [0.05, 0.1) is 6.61 Å². The highest BCUT2D eigenvalue weighted by Crippen LogP contribution is 2.36. The van der Waals surface area contributed by atoms with Crippen molar-refractivity contribution in [2.24, 2.45) is 0 Å². The van der Waals surface area contributed by atoms with E-state index in [0.29, 0.717) is 24.4 Å². The van der Waals surface area contributed by atoms with E-state index >= 15 is 0 Å². The van der Waals surface area contributed by atoms with E-state index in [1.807, 2.05) is 0 Å². The summed E-state index contributed by atoms with van der Waals surface area (Å²) in [5.74, 6) is -0.482. The fourth-order valence-corrected chi connectivity index (χ4v) is 2.10. The molecule has 0 aliphatic heterocycles. The summed E-state index contributed by atoms with van der Waals surface area (Å²) in [6.07, 6.45) is 0. The van der Waals surface area contributed by atoms with Gasteiger partial charge >= 0.3 is 5.97 Å². The maximum Gasteiger partial charge on any atom is 0.338 e. The van der Waals surface area contributed by atoms with Crippen molar-refractivity contribution in [2.45, 2.75) is 13.8 Å². The van der Waals surface area contributed by atoms with E-state index in [2.05, 4.69) is 6.58 Å². The molecule has 0 aliphatic rings. The van der Waals surface area contributed by atoms with Crippen LogP contribution in [0.5, 0.6) is 17.2 Å². The van der Waals surface area contributed by atoms with Crippen LogP contribution in [-0.2, 0) is 9.59 Å². The molecule has 0 saturated heterocycles. The maximum absolute atomic E-state index is 14.5. The van der Waals surface area contributed by atoms with Crippen LogP contribution in [0.2, 0.25) is 0 Å². The lowest BCUT2D eigenvalue weighted by Crippen LogP contribution is -2.08. The number of hydrogen-bond donors (Lipinski definition) is 0. The van der Waals surface area contributed by atoms with E-state index in [1.54, 1.807) is 13.0 Å². The molecule has 0 fully saturated rings. The van der Waals surface area contributed by atoms with Gasteiger partial charge in [0.15, 0.2) is 0 Å². The average molecular weight is 344 g/mol. The van der Waals surface area contributed by atoms with Crippen molar-refractivity contribution in [1.82, 2.24) is 0 Å². The Balaban J connectivity index is 2.39. The normalized spacial score (nSPS) is 10.0. The summed E-state index contributed by atoms with van der Waals surface area (Å²) in [5, 5.41) is 0. The van der Waals surface area contributed by atoms with Gasteiger partial charge in [0.2, 0.25) is 0 Å². The second kappa shape index (κ2) is 8.10. The van der Waals surface area contributed by atoms with Crippen LogP contribution < -0.4 is 14.2 Å². The molecule has 0 aliphatic carbocycles. The van der Waals surface area contributed by atoms with Crippen LogP contribution in [-0.4, -0.2) is 19.0 Å². The maximum atomic E-state index is 14.5. The molecular formula is C19H17FO5. The topological polar surface area (TPSA) is 61.8 Å². The van der Waals surface area contributed by atoms with E-state index in [4.69, 9.17) is 14.2 Å². The Morgan fingerprint density at radius 3 is 2.44 bits per heavy atom. The van der Waals surface area contributed by atoms with Gasteiger partial charge in [-0.2, -0.15) is 0 Å². The molecule has 2 rings (SSSR count). The van der Waals surface area contributed by atoms with Crippen LogP contribution in [0.3, 0.4) is 0 Å². The van der Waals surface area contributed by atoms with Gasteiger partial charge in [0.25, 0.3) is 6.47 Å². The van der Waals surface area contributed by atoms with Crippen LogP contribution >= 0.6 is 0 Å². The van der Waals surface area contributed by atoms with Crippen molar-refractivity contribution in [2.75, 3.05) is 6.61 Å². The fourth-order valence-electron chi connectivity index (χ4n) is 2.10. The van der Waals surface area contributed by atoms with Crippen molar-refractivity contribution in [1.29, 1.82) is 0 Å². The van der Waals surface area contributed by atoms with Gasteiger partial charge in [-0.25, -0.2) is 9.18 Å². The molecule has 5 nitrogen and oxygen atoms in total. The highest BCUT2D eigenvalue weighted by molar-refractivity contribution is 5.88. The Labute approximate surface area is 144 Å². The monoisotopic (exact) mass is 344 g/mol. The molecule has 2 aromatic carbocycles. The van der Waals surface area contributed by atoms with Gasteiger partial charge in [-0.1, -0.05) is 6.58 Å². The summed E-state index contributed by atoms with van der Waals surface area (Å²) in [6.45, 7) is 7.42. The molecule has 130 valence electrons. The van der Waals surface area contributed by atoms with E-state index in [0.717, 1.165) is 6.07 Å². The predicted molar refractivity (Wildman–Crippen MR) is 90.1 cm³/mol. The zero-order valence-electron chi connectivity index (χ0n) is 13.9. The smallest absolute Gasteiger partial charge is 0.338 e. The average Bonchev–Trinajstić information content (AvgIpc) is 2.56. The second-order valence-corrected chi connectivity index (χ2v) is 5.12. The number of halogens is 1. The molecule has 0 radical (unpaired) electrons. The first-order valence-electron chi connectivity index (χ1n) is 7.51. The largest absolute Gasteiger partial charge is 0.493 e. The Kier molecular flexibility index (Phi) is 5.89. The molecule has 0 spiro atoms. The molecule has 0 saturated carbocycles. The van der Waals surface area contributed by atoms with Gasteiger partial charge in [0.1, 0.15) is 23.1 Å². The molecule has 0 amide bonds. The third kappa shape index (κ3) is 4.44. The summed E-state index contributed by atoms with van der Waals surface area (Å²) in [6, 6.07) is 8.69. The van der Waals surface area contributed by atoms with Crippen LogP contribution in [0.15, 0.2) is 48.6 Å². The van der Waals surface area contributed by atoms with E-state index in [1.165, 1.54) is 31.2 Å². The van der Waals surface area contributed by atoms with E-state index < -0.39 is 11.8 Å². The summed E-state index contributed by atoms with van der Waals surface area (Å²) in [4.78, 5) is 22.0. The van der Waals surface area contributed by atoms with Crippen molar-refractivity contribution in [3.05, 3.63) is 54.4 Å². The predicted octanol–water partition coefficient (Wildman–Crippen LogP) is 3.91. The van der Waals surface area contributed by atoms with Crippen LogP contribution in [0.1, 0.15) is 13.8 Å². The highest BCUT2D eigenvalue weighted by atomic mass is 19.1. The molecule has 0 unspecified atom stereocenters. The first-order valence-corrected chi connectivity index (χ1v) is 7.51. The number of rotatable bonds is 7. The van der Waals surface area contributed by atoms with Crippen molar-refractivity contribution in [3.8, 4) is 28.4 Å². The van der Waals surface area contributed by atoms with Crippen LogP contribution in [0.25, 0.3) is 11.1 Å². The number of benzene rings is 2. The van der Waals surface area contributed by atoms with E-state index in [9.17, 15) is 14.0 Å². The molecule has 0 heterocycles. The van der Waals surface area contributed by atoms with Gasteiger partial charge in [-0.05, 0) is 38.1 Å². The van der Waals surface area contributed by atoms with Crippen molar-refractivity contribution in [3.63, 3.8) is 0 Å². The Hall–Kier alpha value is -3.15. The summed E-state index contributed by atoms with van der Waals surface area (Å²) in [7, 11) is 0. The lowest BCUT2D eigenvalue weighted by Gasteiger charge is -2.13. The van der Waals surface area contributed by atoms with E-state index in [-0.39, 0.29) is 22.6 Å². The van der Waals surface area contributed by atoms with Gasteiger partial charge in [0, 0.05) is 28.8 Å². The van der Waals surface area contributed by atoms with Crippen molar-refractivity contribution >= 4 is 12.4 Å². The zero-order valence-corrected chi connectivity index (χ0v) is 13.9. The third-order valence-corrected chi connectivity index (χ3v) is 3.23. The highest BCUT2D eigenvalue weighted by Gasteiger charge is 2.14. The van der Waals surface area contributed by atoms with Gasteiger partial charge in [-0.3, -0.25) is 4.79 Å². The van der Waals surface area contributed by atoms with Crippen molar-refractivity contribution < 1.29 is 28.2 Å². The second-order valence-electron chi connectivity index (χ2n) is 5.12. The zero-order chi connectivity index (χ0) is 18.4. The number of carbonyl (C=O) groups is 2. The van der Waals surface area contributed by atoms with Crippen LogP contribution in [0.4, 0.5) is 4.39 Å². The molecule has 0 atom stereocenters. The minimum atomic E-state index is -0.627. The number of hydrogen-bond acceptors (Lipinski definition) is 5. The summed E-state index contributed by atoms with van der Waals surface area (Å²) in [5.41, 5.74) is 0.959. The number of esters is 1.